The van der Waals surface area contributed by atoms with Crippen LogP contribution in [0.2, 0.25) is 0 Å². The van der Waals surface area contributed by atoms with Crippen molar-refractivity contribution in [2.24, 2.45) is 0 Å². The molecule has 1 aliphatic rings. The van der Waals surface area contributed by atoms with Crippen LogP contribution in [0.5, 0.6) is 0 Å². The van der Waals surface area contributed by atoms with E-state index in [1.807, 2.05) is 0 Å². The van der Waals surface area contributed by atoms with Crippen LogP contribution in [0.3, 0.4) is 0 Å². The van der Waals surface area contributed by atoms with Gasteiger partial charge in [-0.3, -0.25) is 0 Å². The smallest absolute Gasteiger partial charge is 0.232 e. The number of ether oxygens (including phenoxy) is 1. The minimum absolute atomic E-state index is 0.0295. The van der Waals surface area contributed by atoms with Gasteiger partial charge in [0.05, 0.1) is 6.10 Å². The van der Waals surface area contributed by atoms with E-state index in [-0.39, 0.29) is 11.9 Å². The zero-order valence-electron chi connectivity index (χ0n) is 6.99. The lowest BCUT2D eigenvalue weighted by atomic mass is 9.98. The largest absolute Gasteiger partial charge is 0.511 e. The van der Waals surface area contributed by atoms with Gasteiger partial charge in [-0.15, -0.1) is 0 Å². The van der Waals surface area contributed by atoms with E-state index < -0.39 is 0 Å². The molecule has 0 heterocycles. The van der Waals surface area contributed by atoms with Gasteiger partial charge in [0.1, 0.15) is 12.3 Å². The Bertz CT molecular complexity index is 199. The van der Waals surface area contributed by atoms with E-state index in [1.165, 1.54) is 6.42 Å². The van der Waals surface area contributed by atoms with Gasteiger partial charge in [0.15, 0.2) is 0 Å². The molecule has 3 nitrogen and oxygen atoms in total. The summed E-state index contributed by atoms with van der Waals surface area (Å²) >= 11 is 0. The fourth-order valence-corrected chi connectivity index (χ4v) is 1.45. The second-order valence-corrected chi connectivity index (χ2v) is 2.98. The maximum Gasteiger partial charge on any atom is 0.232 e. The first-order valence-electron chi connectivity index (χ1n) is 4.28. The van der Waals surface area contributed by atoms with Gasteiger partial charge in [0.2, 0.25) is 5.76 Å². The quantitative estimate of drug-likeness (QED) is 0.507. The Balaban J connectivity index is 2.34. The summed E-state index contributed by atoms with van der Waals surface area (Å²) in [6, 6.07) is 1.79. The SMILES string of the molecule is N#C/C(=C\O)OC1CCCCC1. The molecule has 0 amide bonds. The van der Waals surface area contributed by atoms with Gasteiger partial charge in [0, 0.05) is 0 Å². The van der Waals surface area contributed by atoms with Crippen molar-refractivity contribution in [3.8, 4) is 6.07 Å². The maximum absolute atomic E-state index is 8.55. The second-order valence-electron chi connectivity index (χ2n) is 2.98. The average molecular weight is 167 g/mol. The third kappa shape index (κ3) is 2.46. The molecule has 0 atom stereocenters. The van der Waals surface area contributed by atoms with Crippen molar-refractivity contribution < 1.29 is 9.84 Å². The van der Waals surface area contributed by atoms with E-state index in [1.54, 1.807) is 6.07 Å². The topological polar surface area (TPSA) is 53.2 Å². The molecule has 0 spiro atoms. The molecule has 0 aromatic rings. The lowest BCUT2D eigenvalue weighted by molar-refractivity contribution is 0.0869. The monoisotopic (exact) mass is 167 g/mol. The zero-order chi connectivity index (χ0) is 8.81. The van der Waals surface area contributed by atoms with E-state index in [2.05, 4.69) is 0 Å². The number of hydrogen-bond acceptors (Lipinski definition) is 3. The Kier molecular flexibility index (Phi) is 3.46. The van der Waals surface area contributed by atoms with Crippen molar-refractivity contribution >= 4 is 0 Å². The number of aliphatic hydroxyl groups is 1. The van der Waals surface area contributed by atoms with Crippen LogP contribution in [-0.2, 0) is 4.74 Å². The van der Waals surface area contributed by atoms with E-state index in [9.17, 15) is 0 Å². The summed E-state index contributed by atoms with van der Waals surface area (Å²) in [5, 5.41) is 17.0. The number of aliphatic hydroxyl groups excluding tert-OH is 1. The fraction of sp³-hybridized carbons (Fsp3) is 0.667. The van der Waals surface area contributed by atoms with Crippen LogP contribution in [0.15, 0.2) is 12.0 Å². The molecule has 3 heteroatoms. The van der Waals surface area contributed by atoms with Crippen LogP contribution in [0.4, 0.5) is 0 Å². The van der Waals surface area contributed by atoms with Gasteiger partial charge in [0.25, 0.3) is 0 Å². The van der Waals surface area contributed by atoms with Gasteiger partial charge in [-0.05, 0) is 25.7 Å². The number of allylic oxidation sites excluding steroid dienone is 1. The molecular formula is C9H13NO2. The summed E-state index contributed by atoms with van der Waals surface area (Å²) in [6.45, 7) is 0. The Labute approximate surface area is 72.3 Å². The Morgan fingerprint density at radius 1 is 1.42 bits per heavy atom. The van der Waals surface area contributed by atoms with Gasteiger partial charge in [-0.1, -0.05) is 6.42 Å². The Hall–Kier alpha value is -1.17. The van der Waals surface area contributed by atoms with E-state index in [4.69, 9.17) is 15.1 Å². The second kappa shape index (κ2) is 4.66. The molecule has 66 valence electrons. The maximum atomic E-state index is 8.55. The molecule has 0 aromatic heterocycles. The van der Waals surface area contributed by atoms with Gasteiger partial charge < -0.3 is 9.84 Å². The summed E-state index contributed by atoms with van der Waals surface area (Å²) in [5.74, 6) is 0.0295. The highest BCUT2D eigenvalue weighted by Crippen LogP contribution is 2.21. The van der Waals surface area contributed by atoms with Crippen molar-refractivity contribution in [2.45, 2.75) is 38.2 Å². The van der Waals surface area contributed by atoms with Gasteiger partial charge >= 0.3 is 0 Å². The number of nitriles is 1. The van der Waals surface area contributed by atoms with Crippen molar-refractivity contribution in [1.29, 1.82) is 5.26 Å². The first-order valence-corrected chi connectivity index (χ1v) is 4.28. The van der Waals surface area contributed by atoms with Crippen molar-refractivity contribution in [3.63, 3.8) is 0 Å². The van der Waals surface area contributed by atoms with Crippen LogP contribution in [-0.4, -0.2) is 11.2 Å². The highest BCUT2D eigenvalue weighted by molar-refractivity contribution is 5.10. The molecule has 0 saturated heterocycles. The summed E-state index contributed by atoms with van der Waals surface area (Å²) in [6.07, 6.45) is 6.44. The standard InChI is InChI=1S/C9H13NO2/c10-6-9(7-11)12-8-4-2-1-3-5-8/h7-8,11H,1-5H2/b9-7+. The van der Waals surface area contributed by atoms with Crippen LogP contribution >= 0.6 is 0 Å². The highest BCUT2D eigenvalue weighted by atomic mass is 16.5. The Morgan fingerprint density at radius 3 is 2.58 bits per heavy atom. The summed E-state index contributed by atoms with van der Waals surface area (Å²) in [5.41, 5.74) is 0. The molecule has 1 fully saturated rings. The molecule has 0 radical (unpaired) electrons. The molecule has 12 heavy (non-hydrogen) atoms. The molecule has 0 bridgehead atoms. The van der Waals surface area contributed by atoms with E-state index >= 15 is 0 Å². The lowest BCUT2D eigenvalue weighted by Gasteiger charge is -2.21. The van der Waals surface area contributed by atoms with Gasteiger partial charge in [-0.2, -0.15) is 5.26 Å². The fourth-order valence-electron chi connectivity index (χ4n) is 1.45. The van der Waals surface area contributed by atoms with Crippen LogP contribution < -0.4 is 0 Å². The van der Waals surface area contributed by atoms with Crippen LogP contribution in [0.1, 0.15) is 32.1 Å². The van der Waals surface area contributed by atoms with E-state index in [0.717, 1.165) is 31.9 Å². The third-order valence-corrected chi connectivity index (χ3v) is 2.07. The molecule has 0 aromatic carbocycles. The number of rotatable bonds is 2. The van der Waals surface area contributed by atoms with Crippen LogP contribution in [0.25, 0.3) is 0 Å². The summed E-state index contributed by atoms with van der Waals surface area (Å²) in [7, 11) is 0. The van der Waals surface area contributed by atoms with Crippen molar-refractivity contribution in [1.82, 2.24) is 0 Å². The number of nitrogens with zero attached hydrogens (tertiary/aromatic N) is 1. The predicted molar refractivity (Wildman–Crippen MR) is 44.3 cm³/mol. The zero-order valence-corrected chi connectivity index (χ0v) is 6.99. The average Bonchev–Trinajstić information content (AvgIpc) is 2.16. The molecule has 0 aliphatic heterocycles. The lowest BCUT2D eigenvalue weighted by Crippen LogP contribution is -2.15. The molecule has 1 rings (SSSR count). The normalized spacial score (nSPS) is 20.1. The molecular weight excluding hydrogens is 154 g/mol. The minimum atomic E-state index is 0.0295. The molecule has 1 N–H and O–H groups in total. The highest BCUT2D eigenvalue weighted by Gasteiger charge is 2.15. The van der Waals surface area contributed by atoms with E-state index in [0.29, 0.717) is 0 Å². The molecule has 1 aliphatic carbocycles. The first-order chi connectivity index (χ1) is 5.86. The third-order valence-electron chi connectivity index (χ3n) is 2.07. The van der Waals surface area contributed by atoms with Crippen molar-refractivity contribution in [2.75, 3.05) is 0 Å². The summed E-state index contributed by atoms with van der Waals surface area (Å²) in [4.78, 5) is 0. The summed E-state index contributed by atoms with van der Waals surface area (Å²) < 4.78 is 5.24. The van der Waals surface area contributed by atoms with Gasteiger partial charge in [-0.25, -0.2) is 0 Å². The molecule has 0 unspecified atom stereocenters. The predicted octanol–water partition coefficient (Wildman–Crippen LogP) is 2.26. The minimum Gasteiger partial charge on any atom is -0.511 e. The first kappa shape index (κ1) is 8.92. The molecule has 1 saturated carbocycles. The van der Waals surface area contributed by atoms with Crippen molar-refractivity contribution in [3.05, 3.63) is 12.0 Å². The van der Waals surface area contributed by atoms with Crippen LogP contribution in [0, 0.1) is 11.3 Å². The Morgan fingerprint density at radius 2 is 2.08 bits per heavy atom. The number of hydrogen-bond donors (Lipinski definition) is 1.